The van der Waals surface area contributed by atoms with Crippen molar-refractivity contribution in [3.8, 4) is 0 Å². The van der Waals surface area contributed by atoms with E-state index in [1.807, 2.05) is 0 Å². The molecule has 5 N–H and O–H groups in total. The van der Waals surface area contributed by atoms with E-state index in [0.717, 1.165) is 0 Å². The van der Waals surface area contributed by atoms with Crippen molar-refractivity contribution in [2.24, 2.45) is 0 Å². The minimum atomic E-state index is -0.787. The summed E-state index contributed by atoms with van der Waals surface area (Å²) in [7, 11) is 0. The van der Waals surface area contributed by atoms with Crippen molar-refractivity contribution in [1.82, 2.24) is 0 Å². The zero-order valence-corrected chi connectivity index (χ0v) is 20.6. The van der Waals surface area contributed by atoms with Gasteiger partial charge in [-0.15, -0.1) is 0 Å². The predicted octanol–water partition coefficient (Wildman–Crippen LogP) is 1.95. The first-order valence-electron chi connectivity index (χ1n) is 7.99. The molecule has 0 saturated carbocycles. The molecule has 0 heterocycles. The van der Waals surface area contributed by atoms with E-state index in [1.54, 1.807) is 0 Å². The molecule has 180 valence electrons. The van der Waals surface area contributed by atoms with Gasteiger partial charge in [0.1, 0.15) is 0 Å². The number of hydrogen-bond acceptors (Lipinski definition) is 10. The molecule has 0 aliphatic carbocycles. The van der Waals surface area contributed by atoms with Gasteiger partial charge < -0.3 is 25.5 Å². The fraction of sp³-hybridized carbons (Fsp3) is 0.667. The largest absolute Gasteiger partial charge is 0.481 e. The standard InChI is InChI=1S/5C3H6O2S/c5*4-3(5)1-2-6/h5*6H,1-2H2,(H,4,5). The molecular formula is C15H30O10S5. The zero-order chi connectivity index (χ0) is 25.0. The monoisotopic (exact) mass is 530 g/mol. The van der Waals surface area contributed by atoms with Gasteiger partial charge in [0, 0.05) is 28.8 Å². The molecule has 0 rings (SSSR count). The second-order valence-corrected chi connectivity index (χ2v) is 6.57. The summed E-state index contributed by atoms with van der Waals surface area (Å²) in [5.41, 5.74) is 0. The second-order valence-electron chi connectivity index (χ2n) is 4.34. The van der Waals surface area contributed by atoms with Crippen LogP contribution >= 0.6 is 63.1 Å². The zero-order valence-electron chi connectivity index (χ0n) is 16.1. The summed E-state index contributed by atoms with van der Waals surface area (Å²) < 4.78 is 0. The number of carboxylic acid groups (broad SMARTS) is 5. The van der Waals surface area contributed by atoms with Crippen LogP contribution in [0.1, 0.15) is 32.1 Å². The smallest absolute Gasteiger partial charge is 0.304 e. The number of aliphatic carboxylic acids is 5. The van der Waals surface area contributed by atoms with E-state index in [2.05, 4.69) is 63.1 Å². The molecule has 0 spiro atoms. The molecule has 0 amide bonds. The number of carboxylic acids is 5. The van der Waals surface area contributed by atoms with Gasteiger partial charge in [0.2, 0.25) is 0 Å². The van der Waals surface area contributed by atoms with Gasteiger partial charge in [-0.1, -0.05) is 0 Å². The normalized spacial score (nSPS) is 8.17. The molecule has 0 aromatic heterocycles. The highest BCUT2D eigenvalue weighted by molar-refractivity contribution is 7.80. The van der Waals surface area contributed by atoms with E-state index in [1.165, 1.54) is 0 Å². The highest BCUT2D eigenvalue weighted by atomic mass is 32.1. The summed E-state index contributed by atoms with van der Waals surface area (Å²) in [5, 5.41) is 39.3. The van der Waals surface area contributed by atoms with Crippen molar-refractivity contribution < 1.29 is 49.5 Å². The Balaban J connectivity index is -0.0000000868. The van der Waals surface area contributed by atoms with Crippen molar-refractivity contribution in [1.29, 1.82) is 0 Å². The minimum Gasteiger partial charge on any atom is -0.481 e. The Hall–Kier alpha value is -0.900. The Morgan fingerprint density at radius 3 is 0.467 bits per heavy atom. The summed E-state index contributed by atoms with van der Waals surface area (Å²) in [6.45, 7) is 0. The van der Waals surface area contributed by atoms with Crippen LogP contribution in [-0.2, 0) is 24.0 Å². The SMILES string of the molecule is O=C(O)CCS.O=C(O)CCS.O=C(O)CCS.O=C(O)CCS.O=C(O)CCS. The first-order valence-corrected chi connectivity index (χ1v) is 11.1. The van der Waals surface area contributed by atoms with Crippen LogP contribution in [-0.4, -0.2) is 84.1 Å². The highest BCUT2D eigenvalue weighted by Gasteiger charge is 1.90. The highest BCUT2D eigenvalue weighted by Crippen LogP contribution is 1.81. The lowest BCUT2D eigenvalue weighted by molar-refractivity contribution is -0.137. The van der Waals surface area contributed by atoms with Crippen molar-refractivity contribution in [3.63, 3.8) is 0 Å². The van der Waals surface area contributed by atoms with Crippen molar-refractivity contribution in [3.05, 3.63) is 0 Å². The van der Waals surface area contributed by atoms with Gasteiger partial charge in [-0.25, -0.2) is 0 Å². The minimum absolute atomic E-state index is 0.156. The maximum absolute atomic E-state index is 9.55. The van der Waals surface area contributed by atoms with E-state index in [9.17, 15) is 24.0 Å². The molecule has 0 unspecified atom stereocenters. The summed E-state index contributed by atoms with van der Waals surface area (Å²) in [4.78, 5) is 47.8. The summed E-state index contributed by atoms with van der Waals surface area (Å²) in [6, 6.07) is 0. The second kappa shape index (κ2) is 35.5. The Kier molecular flexibility index (Phi) is 46.9. The molecule has 0 atom stereocenters. The maximum Gasteiger partial charge on any atom is 0.304 e. The molecule has 0 radical (unpaired) electrons. The number of carbonyl (C=O) groups is 5. The molecule has 30 heavy (non-hydrogen) atoms. The first-order chi connectivity index (χ1) is 13.9. The molecular weight excluding hydrogens is 500 g/mol. The fourth-order valence-corrected chi connectivity index (χ4v) is 1.43. The van der Waals surface area contributed by atoms with Gasteiger partial charge in [0.25, 0.3) is 0 Å². The third-order valence-electron chi connectivity index (χ3n) is 1.63. The average molecular weight is 531 g/mol. The summed E-state index contributed by atoms with van der Waals surface area (Å²) in [5.74, 6) is -1.81. The quantitative estimate of drug-likeness (QED) is 0.187. The lowest BCUT2D eigenvalue weighted by Crippen LogP contribution is -1.93. The van der Waals surface area contributed by atoms with Gasteiger partial charge >= 0.3 is 29.8 Å². The van der Waals surface area contributed by atoms with Crippen LogP contribution < -0.4 is 0 Å². The van der Waals surface area contributed by atoms with Gasteiger partial charge in [-0.3, -0.25) is 24.0 Å². The molecule has 0 fully saturated rings. The van der Waals surface area contributed by atoms with Crippen LogP contribution in [0.3, 0.4) is 0 Å². The molecule has 0 saturated heterocycles. The van der Waals surface area contributed by atoms with E-state index < -0.39 is 29.8 Å². The topological polar surface area (TPSA) is 186 Å². The Bertz CT molecular complexity index is 357. The van der Waals surface area contributed by atoms with E-state index in [-0.39, 0.29) is 32.1 Å². The van der Waals surface area contributed by atoms with Crippen LogP contribution in [0.15, 0.2) is 0 Å². The van der Waals surface area contributed by atoms with Crippen molar-refractivity contribution in [2.45, 2.75) is 32.1 Å². The molecule has 0 bridgehead atoms. The van der Waals surface area contributed by atoms with E-state index in [0.29, 0.717) is 28.8 Å². The molecule has 0 aromatic carbocycles. The van der Waals surface area contributed by atoms with Crippen LogP contribution in [0, 0.1) is 0 Å². The average Bonchev–Trinajstić information content (AvgIpc) is 2.56. The van der Waals surface area contributed by atoms with Gasteiger partial charge in [0.15, 0.2) is 0 Å². The van der Waals surface area contributed by atoms with E-state index in [4.69, 9.17) is 25.5 Å². The molecule has 10 nitrogen and oxygen atoms in total. The van der Waals surface area contributed by atoms with Gasteiger partial charge in [-0.2, -0.15) is 63.1 Å². The Morgan fingerprint density at radius 1 is 0.367 bits per heavy atom. The van der Waals surface area contributed by atoms with Crippen LogP contribution in [0.5, 0.6) is 0 Å². The Morgan fingerprint density at radius 2 is 0.467 bits per heavy atom. The first kappa shape index (κ1) is 39.6. The summed E-state index contributed by atoms with van der Waals surface area (Å²) >= 11 is 18.4. The molecule has 0 aromatic rings. The third-order valence-corrected chi connectivity index (χ3v) is 2.75. The van der Waals surface area contributed by atoms with Gasteiger partial charge in [-0.05, 0) is 0 Å². The van der Waals surface area contributed by atoms with E-state index >= 15 is 0 Å². The van der Waals surface area contributed by atoms with Crippen LogP contribution in [0.25, 0.3) is 0 Å². The molecule has 15 heteroatoms. The third kappa shape index (κ3) is 92.9. The molecule has 0 aliphatic heterocycles. The predicted molar refractivity (Wildman–Crippen MR) is 131 cm³/mol. The van der Waals surface area contributed by atoms with Crippen molar-refractivity contribution >= 4 is 93.0 Å². The van der Waals surface area contributed by atoms with Crippen molar-refractivity contribution in [2.75, 3.05) is 28.8 Å². The number of hydrogen-bond donors (Lipinski definition) is 10. The summed E-state index contributed by atoms with van der Waals surface area (Å²) in [6.07, 6.45) is 0.779. The lowest BCUT2D eigenvalue weighted by Gasteiger charge is -1.79. The maximum atomic E-state index is 9.55. The van der Waals surface area contributed by atoms with Crippen LogP contribution in [0.4, 0.5) is 0 Å². The van der Waals surface area contributed by atoms with Crippen LogP contribution in [0.2, 0.25) is 0 Å². The number of thiol groups is 5. The van der Waals surface area contributed by atoms with Gasteiger partial charge in [0.05, 0.1) is 32.1 Å². The molecule has 0 aliphatic rings. The lowest BCUT2D eigenvalue weighted by atomic mass is 10.5. The number of rotatable bonds is 10. The Labute approximate surface area is 202 Å². The fourth-order valence-electron chi connectivity index (χ4n) is 0.478.